The van der Waals surface area contributed by atoms with Crippen molar-refractivity contribution in [2.24, 2.45) is 43.3 Å². The molecule has 0 aliphatic carbocycles. The number of ether oxygens (including phenoxy) is 12. The summed E-state index contributed by atoms with van der Waals surface area (Å²) in [6.45, 7) is 46.6. The highest BCUT2D eigenvalue weighted by molar-refractivity contribution is 6.03. The van der Waals surface area contributed by atoms with Crippen molar-refractivity contribution in [2.75, 3.05) is 19.8 Å². The highest BCUT2D eigenvalue weighted by atomic mass is 16.6. The number of esters is 9. The topological polar surface area (TPSA) is 368 Å². The molecule has 4 aliphatic rings. The first-order valence-corrected chi connectivity index (χ1v) is 48.8. The van der Waals surface area contributed by atoms with E-state index in [1.54, 1.807) is 122 Å². The first kappa shape index (κ1) is 113. The Morgan fingerprint density at radius 2 is 0.646 bits per heavy atom. The van der Waals surface area contributed by atoms with Gasteiger partial charge in [-0.2, -0.15) is 0 Å². The minimum Gasteiger partial charge on any atom is -0.493 e. The van der Waals surface area contributed by atoms with E-state index in [1.807, 2.05) is 221 Å². The zero-order chi connectivity index (χ0) is 106. The Kier molecular flexibility index (Phi) is 38.9. The van der Waals surface area contributed by atoms with E-state index >= 15 is 0 Å². The monoisotopic (exact) mass is 1980 g/mol. The summed E-state index contributed by atoms with van der Waals surface area (Å²) in [5.74, 6) is 4.16. The Hall–Kier alpha value is -14.4. The Morgan fingerprint density at radius 3 is 1.14 bits per heavy atom. The molecular weight excluding hydrogens is 1840 g/mol. The van der Waals surface area contributed by atoms with Crippen molar-refractivity contribution in [3.8, 4) is 69.0 Å². The minimum absolute atomic E-state index is 0.0221. The molecule has 28 heteroatoms. The summed E-state index contributed by atoms with van der Waals surface area (Å²) < 4.78 is 85.1. The van der Waals surface area contributed by atoms with E-state index in [0.29, 0.717) is 142 Å². The van der Waals surface area contributed by atoms with Gasteiger partial charge in [-0.25, -0.2) is 0 Å². The number of carbonyl (C=O) groups is 11. The largest absolute Gasteiger partial charge is 0.493 e. The molecule has 0 unspecified atom stereocenters. The molecule has 0 spiro atoms. The zero-order valence-corrected chi connectivity index (χ0v) is 87.2. The van der Waals surface area contributed by atoms with Crippen LogP contribution in [0.3, 0.4) is 0 Å². The maximum atomic E-state index is 12.0. The van der Waals surface area contributed by atoms with Gasteiger partial charge in [0, 0.05) is 34.7 Å². The van der Waals surface area contributed by atoms with Crippen LogP contribution in [0.4, 0.5) is 0 Å². The van der Waals surface area contributed by atoms with Gasteiger partial charge in [0.15, 0.2) is 29.2 Å². The number of carbonyl (C=O) groups excluding carboxylic acids is 11. The lowest BCUT2D eigenvalue weighted by atomic mass is 9.91. The predicted octanol–water partition coefficient (Wildman–Crippen LogP) is 26.3. The van der Waals surface area contributed by atoms with Crippen LogP contribution in [0.2, 0.25) is 0 Å². The third-order valence-corrected chi connectivity index (χ3v) is 26.3. The van der Waals surface area contributed by atoms with Crippen molar-refractivity contribution < 1.29 is 127 Å². The lowest BCUT2D eigenvalue weighted by molar-refractivity contribution is -0.144. The van der Waals surface area contributed by atoms with Gasteiger partial charge in [0.2, 0.25) is 5.78 Å². The summed E-state index contributed by atoms with van der Waals surface area (Å²) in [4.78, 5) is 142. The SMILES string of the molecule is CCC(C)(C)C(=O)Oc1ccc2c(c1)C(=O)CCO2.CCC(C)(C)C(=O)Oc1ccc2c(c1)C(=O)CO2.CCC(C)(C)C(=O)Oc1ccc2c(c1)CCC(=O)O2.CCC(C)(C)C(=O)Oc1ccc2c(c1)CCCO2.CCC(C)(C)C(=O)Oc1ccc2ccoc2c1.CCC(C)(C)C(=O)Oc1ccc2occc(=O)c2c1.CCC(C)(C)C(=O)Oc1ccc2occc2c1.CCC(C)(C)C(=O)Oc1cccc2ccoc12. The molecule has 768 valence electrons. The van der Waals surface area contributed by atoms with Gasteiger partial charge in [-0.3, -0.25) is 57.5 Å². The van der Waals surface area contributed by atoms with E-state index in [0.717, 1.165) is 89.3 Å². The molecule has 0 saturated carbocycles. The molecule has 0 bridgehead atoms. The molecule has 0 amide bonds. The molecule has 0 radical (unpaired) electrons. The Balaban J connectivity index is 0.000000183. The number of benzene rings is 8. The number of hydrogen-bond donors (Lipinski definition) is 0. The molecule has 0 atom stereocenters. The number of para-hydroxylation sites is 1. The van der Waals surface area contributed by atoms with Crippen LogP contribution in [0.1, 0.15) is 269 Å². The molecule has 8 aromatic carbocycles. The second kappa shape index (κ2) is 49.5. The summed E-state index contributed by atoms with van der Waals surface area (Å²) in [7, 11) is 0. The molecule has 8 heterocycles. The van der Waals surface area contributed by atoms with Crippen LogP contribution >= 0.6 is 0 Å². The van der Waals surface area contributed by atoms with Crippen molar-refractivity contribution >= 4 is 109 Å². The van der Waals surface area contributed by atoms with Gasteiger partial charge in [-0.05, 0) is 338 Å². The van der Waals surface area contributed by atoms with Gasteiger partial charge in [0.05, 0.1) is 105 Å². The van der Waals surface area contributed by atoms with Gasteiger partial charge in [0.1, 0.15) is 80.0 Å². The highest BCUT2D eigenvalue weighted by Gasteiger charge is 2.36. The van der Waals surface area contributed by atoms with Gasteiger partial charge in [0.25, 0.3) is 0 Å². The quantitative estimate of drug-likeness (QED) is 0.0400. The molecule has 12 aromatic rings. The molecule has 0 N–H and O–H groups in total. The second-order valence-corrected chi connectivity index (χ2v) is 40.3. The lowest BCUT2D eigenvalue weighted by Crippen LogP contribution is -2.28. The van der Waals surface area contributed by atoms with E-state index in [1.165, 1.54) is 18.4 Å². The number of furan rings is 3. The normalized spacial score (nSPS) is 13.1. The van der Waals surface area contributed by atoms with E-state index in [-0.39, 0.29) is 77.3 Å². The third-order valence-electron chi connectivity index (χ3n) is 26.3. The average Bonchev–Trinajstić information content (AvgIpc) is 1.65. The second-order valence-electron chi connectivity index (χ2n) is 40.3. The van der Waals surface area contributed by atoms with Gasteiger partial charge in [-0.15, -0.1) is 0 Å². The summed E-state index contributed by atoms with van der Waals surface area (Å²) in [5, 5.41) is 3.27. The number of hydrogen-bond acceptors (Lipinski definition) is 28. The molecular formula is C116H136O28. The number of Topliss-reactive ketones (excluding diaryl/α,β-unsaturated/α-hetero) is 2. The van der Waals surface area contributed by atoms with Crippen LogP contribution in [-0.4, -0.2) is 85.1 Å². The molecule has 144 heavy (non-hydrogen) atoms. The van der Waals surface area contributed by atoms with Gasteiger partial charge < -0.3 is 74.5 Å². The van der Waals surface area contributed by atoms with Crippen molar-refractivity contribution in [1.29, 1.82) is 0 Å². The lowest BCUT2D eigenvalue weighted by Gasteiger charge is -2.21. The molecule has 4 aromatic heterocycles. The fraction of sp³-hybridized carbons (Fsp3) is 0.414. The average molecular weight is 1980 g/mol. The van der Waals surface area contributed by atoms with Crippen LogP contribution in [0.15, 0.2) is 217 Å². The minimum atomic E-state index is -0.545. The maximum Gasteiger partial charge on any atom is 0.317 e. The van der Waals surface area contributed by atoms with Gasteiger partial charge in [-0.1, -0.05) is 67.5 Å². The Bertz CT molecular complexity index is 6530. The van der Waals surface area contributed by atoms with E-state index in [9.17, 15) is 57.5 Å². The number of ketones is 2. The van der Waals surface area contributed by atoms with Crippen LogP contribution in [0.25, 0.3) is 43.9 Å². The maximum absolute atomic E-state index is 12.0. The number of fused-ring (bicyclic) bond motifs is 8. The predicted molar refractivity (Wildman–Crippen MR) is 547 cm³/mol. The first-order chi connectivity index (χ1) is 67.9. The van der Waals surface area contributed by atoms with Crippen molar-refractivity contribution in [1.82, 2.24) is 0 Å². The summed E-state index contributed by atoms with van der Waals surface area (Å²) in [6.07, 6.45) is 15.3. The molecule has 0 saturated heterocycles. The third kappa shape index (κ3) is 30.8. The highest BCUT2D eigenvalue weighted by Crippen LogP contribution is 2.39. The number of aryl methyl sites for hydroxylation is 2. The fourth-order valence-corrected chi connectivity index (χ4v) is 12.5. The summed E-state index contributed by atoms with van der Waals surface area (Å²) >= 11 is 0. The molecule has 28 nitrogen and oxygen atoms in total. The van der Waals surface area contributed by atoms with Crippen molar-refractivity contribution in [2.45, 2.75) is 250 Å². The van der Waals surface area contributed by atoms with E-state index in [4.69, 9.17) is 74.5 Å². The van der Waals surface area contributed by atoms with Crippen LogP contribution in [0.5, 0.6) is 69.0 Å². The first-order valence-electron chi connectivity index (χ1n) is 48.8. The van der Waals surface area contributed by atoms with E-state index in [2.05, 4.69) is 0 Å². The summed E-state index contributed by atoms with van der Waals surface area (Å²) in [6, 6.07) is 48.4. The standard InChI is InChI=1S/2C15H18O4.C15H16O4.C15H20O3.C14H16O4.3C14H16O3/c1-4-15(2,3)14(17)18-11-6-7-12-10(9-11)5-8-13(16)19-12;2*1-4-15(2,3)14(17)19-10-5-6-13-11(9-10)12(16)7-8-18-13;1-4-15(2,3)14(16)18-12-7-8-13-11(10-12)6-5-9-17-13;1-4-14(2,3)13(16)18-9-5-6-12-10(7-9)11(15)8-17-12;1-4-14(2,3)13(15)17-11-5-6-12-10(9-11)7-8-16-12;1-4-14(2,3)13(15)17-11-6-5-10-7-8-16-12(10)9-11;1-4-14(2,3)13(15)17-11-7-5-6-10-8-9-16-12(10)11/h6-7,9H,4-5,8H2,1-3H3;5-6,9H,4,7-8H2,1-3H3;5-9H,4H2,1-3H3;7-8,10H,4-6,9H2,1-3H3;5-7H,4,8H2,1-3H3;3*5-9H,4H2,1-3H3. The Morgan fingerprint density at radius 1 is 0.285 bits per heavy atom. The smallest absolute Gasteiger partial charge is 0.317 e. The van der Waals surface area contributed by atoms with Gasteiger partial charge >= 0.3 is 53.7 Å². The van der Waals surface area contributed by atoms with Crippen molar-refractivity contribution in [3.05, 3.63) is 227 Å². The zero-order valence-electron chi connectivity index (χ0n) is 87.2. The summed E-state index contributed by atoms with van der Waals surface area (Å²) in [5.41, 5.74) is 1.52. The fourth-order valence-electron chi connectivity index (χ4n) is 12.5. The molecule has 4 aliphatic heterocycles. The van der Waals surface area contributed by atoms with Crippen LogP contribution in [0, 0.1) is 43.3 Å². The van der Waals surface area contributed by atoms with Crippen molar-refractivity contribution in [3.63, 3.8) is 0 Å². The molecule has 0 fully saturated rings. The Labute approximate surface area is 841 Å². The van der Waals surface area contributed by atoms with Crippen LogP contribution in [-0.2, 0) is 56.0 Å². The number of rotatable bonds is 24. The van der Waals surface area contributed by atoms with Crippen LogP contribution < -0.4 is 62.3 Å². The molecule has 16 rings (SSSR count). The van der Waals surface area contributed by atoms with E-state index < -0.39 is 43.3 Å².